The van der Waals surface area contributed by atoms with Crippen molar-refractivity contribution in [3.8, 4) is 0 Å². The van der Waals surface area contributed by atoms with Crippen molar-refractivity contribution in [1.29, 1.82) is 0 Å². The minimum absolute atomic E-state index is 0.129. The number of hydrogen-bond donors (Lipinski definition) is 2. The Morgan fingerprint density at radius 2 is 2.11 bits per heavy atom. The molecule has 7 heteroatoms. The summed E-state index contributed by atoms with van der Waals surface area (Å²) in [7, 11) is -3.63. The van der Waals surface area contributed by atoms with Gasteiger partial charge in [0.1, 0.15) is 0 Å². The third kappa shape index (κ3) is 3.05. The molecular weight excluding hydrogens is 264 g/mol. The fourth-order valence-corrected chi connectivity index (χ4v) is 2.65. The highest BCUT2D eigenvalue weighted by Gasteiger charge is 2.15. The lowest BCUT2D eigenvalue weighted by molar-refractivity contribution is 0.532. The molecule has 19 heavy (non-hydrogen) atoms. The van der Waals surface area contributed by atoms with E-state index in [9.17, 15) is 8.42 Å². The van der Waals surface area contributed by atoms with Crippen LogP contribution in [-0.4, -0.2) is 18.2 Å². The number of nitrogens with two attached hydrogens (primary N) is 1. The maximum Gasteiger partial charge on any atom is 0.262 e. The maximum absolute atomic E-state index is 12.1. The standard InChI is InChI=1S/C12H16N4O2S/c1-9(2)16-8-11(7-14-16)15-19(17,18)12-5-3-4-10(13)6-12/h3-9,15H,13H2,1-2H3. The van der Waals surface area contributed by atoms with Gasteiger partial charge in [0.15, 0.2) is 0 Å². The second kappa shape index (κ2) is 4.93. The van der Waals surface area contributed by atoms with Crippen molar-refractivity contribution in [2.24, 2.45) is 0 Å². The van der Waals surface area contributed by atoms with Gasteiger partial charge in [0.05, 0.1) is 16.8 Å². The van der Waals surface area contributed by atoms with Crippen molar-refractivity contribution in [3.63, 3.8) is 0 Å². The van der Waals surface area contributed by atoms with Crippen LogP contribution >= 0.6 is 0 Å². The highest BCUT2D eigenvalue weighted by atomic mass is 32.2. The average Bonchev–Trinajstić information content (AvgIpc) is 2.77. The van der Waals surface area contributed by atoms with Crippen LogP contribution in [0, 0.1) is 0 Å². The van der Waals surface area contributed by atoms with Crippen LogP contribution in [0.25, 0.3) is 0 Å². The van der Waals surface area contributed by atoms with E-state index in [1.807, 2.05) is 13.8 Å². The molecule has 0 aliphatic rings. The first kappa shape index (κ1) is 13.4. The second-order valence-corrected chi connectivity index (χ2v) is 6.16. The van der Waals surface area contributed by atoms with Gasteiger partial charge in [0.2, 0.25) is 0 Å². The molecule has 0 amide bonds. The zero-order valence-corrected chi connectivity index (χ0v) is 11.6. The molecule has 0 aliphatic heterocycles. The minimum atomic E-state index is -3.63. The average molecular weight is 280 g/mol. The first-order chi connectivity index (χ1) is 8.88. The Bertz CT molecular complexity index is 677. The van der Waals surface area contributed by atoms with E-state index in [4.69, 9.17) is 5.73 Å². The molecule has 0 fully saturated rings. The Morgan fingerprint density at radius 1 is 1.37 bits per heavy atom. The van der Waals surface area contributed by atoms with Crippen LogP contribution in [0.4, 0.5) is 11.4 Å². The molecule has 0 radical (unpaired) electrons. The summed E-state index contributed by atoms with van der Waals surface area (Å²) in [6.07, 6.45) is 3.12. The van der Waals surface area contributed by atoms with Crippen LogP contribution in [0.1, 0.15) is 19.9 Å². The van der Waals surface area contributed by atoms with E-state index in [1.165, 1.54) is 18.3 Å². The number of benzene rings is 1. The highest BCUT2D eigenvalue weighted by Crippen LogP contribution is 2.18. The summed E-state index contributed by atoms with van der Waals surface area (Å²) in [4.78, 5) is 0.129. The van der Waals surface area contributed by atoms with Gasteiger partial charge in [-0.25, -0.2) is 8.42 Å². The molecule has 1 aromatic heterocycles. The van der Waals surface area contributed by atoms with Gasteiger partial charge in [0.25, 0.3) is 10.0 Å². The summed E-state index contributed by atoms with van der Waals surface area (Å²) in [6, 6.07) is 6.31. The molecule has 0 spiro atoms. The van der Waals surface area contributed by atoms with Gasteiger partial charge in [-0.1, -0.05) is 6.07 Å². The summed E-state index contributed by atoms with van der Waals surface area (Å²) in [5, 5.41) is 4.08. The van der Waals surface area contributed by atoms with Crippen molar-refractivity contribution in [2.45, 2.75) is 24.8 Å². The molecule has 2 aromatic rings. The molecule has 0 unspecified atom stereocenters. The van der Waals surface area contributed by atoms with E-state index in [0.717, 1.165) is 0 Å². The SMILES string of the molecule is CC(C)n1cc(NS(=O)(=O)c2cccc(N)c2)cn1. The van der Waals surface area contributed by atoms with Crippen LogP contribution in [-0.2, 0) is 10.0 Å². The summed E-state index contributed by atoms with van der Waals surface area (Å²) >= 11 is 0. The number of aromatic nitrogens is 2. The molecule has 0 bridgehead atoms. The van der Waals surface area contributed by atoms with Crippen LogP contribution in [0.15, 0.2) is 41.6 Å². The van der Waals surface area contributed by atoms with Crippen molar-refractivity contribution in [2.75, 3.05) is 10.5 Å². The molecule has 2 rings (SSSR count). The Labute approximate surface area is 112 Å². The summed E-state index contributed by atoms with van der Waals surface area (Å²) in [6.45, 7) is 3.92. The molecule has 0 saturated carbocycles. The van der Waals surface area contributed by atoms with Crippen LogP contribution < -0.4 is 10.5 Å². The smallest absolute Gasteiger partial charge is 0.262 e. The lowest BCUT2D eigenvalue weighted by Gasteiger charge is -2.07. The fourth-order valence-electron chi connectivity index (χ4n) is 1.57. The number of nitrogens with zero attached hydrogens (tertiary/aromatic N) is 2. The zero-order chi connectivity index (χ0) is 14.0. The van der Waals surface area contributed by atoms with Gasteiger partial charge >= 0.3 is 0 Å². The lowest BCUT2D eigenvalue weighted by atomic mass is 10.3. The van der Waals surface area contributed by atoms with Gasteiger partial charge in [-0.05, 0) is 32.0 Å². The highest BCUT2D eigenvalue weighted by molar-refractivity contribution is 7.92. The predicted octanol–water partition coefficient (Wildman–Crippen LogP) is 1.85. The van der Waals surface area contributed by atoms with Crippen LogP contribution in [0.2, 0.25) is 0 Å². The number of nitrogen functional groups attached to an aromatic ring is 1. The molecule has 0 saturated heterocycles. The summed E-state index contributed by atoms with van der Waals surface area (Å²) in [5.74, 6) is 0. The molecule has 0 atom stereocenters. The van der Waals surface area contributed by atoms with Crippen molar-refractivity contribution >= 4 is 21.4 Å². The van der Waals surface area contributed by atoms with E-state index in [0.29, 0.717) is 11.4 Å². The van der Waals surface area contributed by atoms with Gasteiger partial charge in [0, 0.05) is 17.9 Å². The summed E-state index contributed by atoms with van der Waals surface area (Å²) in [5.41, 5.74) is 6.41. The first-order valence-electron chi connectivity index (χ1n) is 5.81. The Balaban J connectivity index is 2.26. The molecular formula is C12H16N4O2S. The topological polar surface area (TPSA) is 90.0 Å². The Morgan fingerprint density at radius 3 is 2.68 bits per heavy atom. The quantitative estimate of drug-likeness (QED) is 0.836. The van der Waals surface area contributed by atoms with Crippen molar-refractivity contribution in [1.82, 2.24) is 9.78 Å². The number of nitrogens with one attached hydrogen (secondary N) is 1. The maximum atomic E-state index is 12.1. The van der Waals surface area contributed by atoms with Gasteiger partial charge < -0.3 is 5.73 Å². The fraction of sp³-hybridized carbons (Fsp3) is 0.250. The minimum Gasteiger partial charge on any atom is -0.399 e. The Kier molecular flexibility index (Phi) is 3.48. The number of sulfonamides is 1. The Hall–Kier alpha value is -2.02. The van der Waals surface area contributed by atoms with Gasteiger partial charge in [-0.2, -0.15) is 5.10 Å². The molecule has 1 heterocycles. The number of rotatable bonds is 4. The summed E-state index contributed by atoms with van der Waals surface area (Å²) < 4.78 is 28.4. The van der Waals surface area contributed by atoms with E-state index in [1.54, 1.807) is 23.0 Å². The normalized spacial score (nSPS) is 11.7. The van der Waals surface area contributed by atoms with Gasteiger partial charge in [-0.3, -0.25) is 9.40 Å². The molecule has 0 aliphatic carbocycles. The lowest BCUT2D eigenvalue weighted by Crippen LogP contribution is -2.12. The van der Waals surface area contributed by atoms with Crippen molar-refractivity contribution < 1.29 is 8.42 Å². The monoisotopic (exact) mass is 280 g/mol. The van der Waals surface area contributed by atoms with Crippen molar-refractivity contribution in [3.05, 3.63) is 36.7 Å². The molecule has 1 aromatic carbocycles. The zero-order valence-electron chi connectivity index (χ0n) is 10.7. The third-order valence-electron chi connectivity index (χ3n) is 2.55. The van der Waals surface area contributed by atoms with E-state index in [-0.39, 0.29) is 10.9 Å². The van der Waals surface area contributed by atoms with Gasteiger partial charge in [-0.15, -0.1) is 0 Å². The van der Waals surface area contributed by atoms with E-state index >= 15 is 0 Å². The number of hydrogen-bond acceptors (Lipinski definition) is 4. The van der Waals surface area contributed by atoms with Crippen LogP contribution in [0.5, 0.6) is 0 Å². The largest absolute Gasteiger partial charge is 0.399 e. The molecule has 3 N–H and O–H groups in total. The molecule has 6 nitrogen and oxygen atoms in total. The van der Waals surface area contributed by atoms with E-state index < -0.39 is 10.0 Å². The molecule has 102 valence electrons. The number of anilines is 2. The predicted molar refractivity (Wildman–Crippen MR) is 74.3 cm³/mol. The van der Waals surface area contributed by atoms with E-state index in [2.05, 4.69) is 9.82 Å². The van der Waals surface area contributed by atoms with Crippen LogP contribution in [0.3, 0.4) is 0 Å². The first-order valence-corrected chi connectivity index (χ1v) is 7.29. The third-order valence-corrected chi connectivity index (χ3v) is 3.93. The second-order valence-electron chi connectivity index (χ2n) is 4.48.